The summed E-state index contributed by atoms with van der Waals surface area (Å²) in [6.45, 7) is 2.42. The second-order valence-electron chi connectivity index (χ2n) is 6.05. The van der Waals surface area contributed by atoms with Crippen LogP contribution in [0.2, 0.25) is 0 Å². The molecule has 3 aromatic heterocycles. The zero-order valence-electron chi connectivity index (χ0n) is 14.3. The molecule has 0 aliphatic rings. The molecule has 1 atom stereocenters. The number of nitrogens with one attached hydrogen (secondary N) is 1. The zero-order valence-corrected chi connectivity index (χ0v) is 14.3. The summed E-state index contributed by atoms with van der Waals surface area (Å²) < 4.78 is 7.37. The molecule has 6 nitrogen and oxygen atoms in total. The normalized spacial score (nSPS) is 12.3. The molecule has 0 unspecified atom stereocenters. The van der Waals surface area contributed by atoms with Crippen LogP contribution in [-0.2, 0) is 6.54 Å². The minimum absolute atomic E-state index is 0.0949. The molecule has 0 bridgehead atoms. The molecule has 1 N–H and O–H groups in total. The molecule has 0 amide bonds. The summed E-state index contributed by atoms with van der Waals surface area (Å²) >= 11 is 0. The first-order valence-electron chi connectivity index (χ1n) is 8.42. The van der Waals surface area contributed by atoms with Gasteiger partial charge in [-0.05, 0) is 19.1 Å². The molecule has 3 heterocycles. The van der Waals surface area contributed by atoms with Gasteiger partial charge in [0.2, 0.25) is 5.89 Å². The predicted octanol–water partition coefficient (Wildman–Crippen LogP) is 3.20. The van der Waals surface area contributed by atoms with Crippen LogP contribution in [0.15, 0.2) is 76.2 Å². The number of rotatable bonds is 5. The van der Waals surface area contributed by atoms with Gasteiger partial charge in [0, 0.05) is 24.4 Å². The molecule has 0 radical (unpaired) electrons. The molecular weight excluding hydrogens is 328 g/mol. The van der Waals surface area contributed by atoms with Gasteiger partial charge in [-0.1, -0.05) is 36.4 Å². The summed E-state index contributed by atoms with van der Waals surface area (Å²) in [4.78, 5) is 21.0. The van der Waals surface area contributed by atoms with Gasteiger partial charge in [0.25, 0.3) is 5.56 Å². The van der Waals surface area contributed by atoms with Crippen molar-refractivity contribution in [3.8, 4) is 11.3 Å². The Balaban J connectivity index is 1.48. The van der Waals surface area contributed by atoms with E-state index in [4.69, 9.17) is 4.42 Å². The lowest BCUT2D eigenvalue weighted by molar-refractivity contribution is 0.420. The lowest BCUT2D eigenvalue weighted by Gasteiger charge is -2.10. The van der Waals surface area contributed by atoms with Gasteiger partial charge in [-0.3, -0.25) is 9.20 Å². The molecule has 130 valence electrons. The molecule has 0 saturated carbocycles. The second kappa shape index (κ2) is 6.93. The van der Waals surface area contributed by atoms with Gasteiger partial charge < -0.3 is 9.73 Å². The monoisotopic (exact) mass is 346 g/mol. The quantitative estimate of drug-likeness (QED) is 0.601. The Morgan fingerprint density at radius 1 is 1.15 bits per heavy atom. The van der Waals surface area contributed by atoms with E-state index in [9.17, 15) is 4.79 Å². The highest BCUT2D eigenvalue weighted by Gasteiger charge is 2.13. The first-order chi connectivity index (χ1) is 12.7. The zero-order chi connectivity index (χ0) is 17.9. The molecule has 0 fully saturated rings. The summed E-state index contributed by atoms with van der Waals surface area (Å²) in [6.07, 6.45) is 3.44. The maximum absolute atomic E-state index is 12.1. The van der Waals surface area contributed by atoms with Gasteiger partial charge >= 0.3 is 0 Å². The fraction of sp³-hybridized carbons (Fsp3) is 0.150. The van der Waals surface area contributed by atoms with Crippen LogP contribution in [0.1, 0.15) is 24.6 Å². The molecular formula is C20H18N4O2. The van der Waals surface area contributed by atoms with Crippen molar-refractivity contribution in [2.24, 2.45) is 0 Å². The van der Waals surface area contributed by atoms with Gasteiger partial charge in [-0.2, -0.15) is 0 Å². The Hall–Kier alpha value is -3.25. The predicted molar refractivity (Wildman–Crippen MR) is 98.7 cm³/mol. The SMILES string of the molecule is C[C@@H](NCc1cc(=O)n2ccccc2n1)c1ncc(-c2ccccc2)o1. The van der Waals surface area contributed by atoms with E-state index in [1.54, 1.807) is 12.4 Å². The topological polar surface area (TPSA) is 72.4 Å². The average Bonchev–Trinajstić information content (AvgIpc) is 3.17. The Kier molecular flexibility index (Phi) is 4.33. The highest BCUT2D eigenvalue weighted by molar-refractivity contribution is 5.55. The maximum Gasteiger partial charge on any atom is 0.258 e. The van der Waals surface area contributed by atoms with Crippen molar-refractivity contribution >= 4 is 5.65 Å². The van der Waals surface area contributed by atoms with Crippen LogP contribution in [0, 0.1) is 0 Å². The van der Waals surface area contributed by atoms with Crippen LogP contribution < -0.4 is 10.9 Å². The van der Waals surface area contributed by atoms with Gasteiger partial charge in [-0.15, -0.1) is 0 Å². The van der Waals surface area contributed by atoms with E-state index in [0.29, 0.717) is 23.8 Å². The van der Waals surface area contributed by atoms with Crippen LogP contribution in [-0.4, -0.2) is 14.4 Å². The van der Waals surface area contributed by atoms with Crippen molar-refractivity contribution in [3.63, 3.8) is 0 Å². The van der Waals surface area contributed by atoms with Gasteiger partial charge in [0.1, 0.15) is 5.65 Å². The fourth-order valence-electron chi connectivity index (χ4n) is 2.76. The minimum Gasteiger partial charge on any atom is -0.439 e. The van der Waals surface area contributed by atoms with Crippen molar-refractivity contribution in [1.29, 1.82) is 0 Å². The van der Waals surface area contributed by atoms with Crippen LogP contribution >= 0.6 is 0 Å². The third-order valence-electron chi connectivity index (χ3n) is 4.17. The molecule has 0 saturated heterocycles. The van der Waals surface area contributed by atoms with Crippen molar-refractivity contribution in [1.82, 2.24) is 19.7 Å². The molecule has 0 aliphatic heterocycles. The highest BCUT2D eigenvalue weighted by atomic mass is 16.4. The van der Waals surface area contributed by atoms with Crippen LogP contribution in [0.3, 0.4) is 0 Å². The van der Waals surface area contributed by atoms with Gasteiger partial charge in [-0.25, -0.2) is 9.97 Å². The lowest BCUT2D eigenvalue weighted by Crippen LogP contribution is -2.22. The molecule has 0 spiro atoms. The first kappa shape index (κ1) is 16.2. The van der Waals surface area contributed by atoms with E-state index in [1.165, 1.54) is 10.5 Å². The Morgan fingerprint density at radius 2 is 1.96 bits per heavy atom. The van der Waals surface area contributed by atoms with Crippen LogP contribution in [0.5, 0.6) is 0 Å². The summed E-state index contributed by atoms with van der Waals surface area (Å²) in [5.41, 5.74) is 2.21. The largest absolute Gasteiger partial charge is 0.439 e. The maximum atomic E-state index is 12.1. The Labute approximate surface area is 150 Å². The average molecular weight is 346 g/mol. The van der Waals surface area contributed by atoms with E-state index in [0.717, 1.165) is 11.3 Å². The standard InChI is InChI=1S/C20H18N4O2/c1-14(20-22-13-17(26-20)15-7-3-2-4-8-15)21-12-16-11-19(25)24-10-6-5-9-18(24)23-16/h2-11,13-14,21H,12H2,1H3/t14-/m1/s1. The third kappa shape index (κ3) is 3.27. The molecule has 6 heteroatoms. The van der Waals surface area contributed by atoms with Crippen molar-refractivity contribution in [3.05, 3.63) is 88.9 Å². The van der Waals surface area contributed by atoms with Crippen molar-refractivity contribution < 1.29 is 4.42 Å². The van der Waals surface area contributed by atoms with Crippen molar-refractivity contribution in [2.75, 3.05) is 0 Å². The van der Waals surface area contributed by atoms with Crippen molar-refractivity contribution in [2.45, 2.75) is 19.5 Å². The van der Waals surface area contributed by atoms with E-state index >= 15 is 0 Å². The second-order valence-corrected chi connectivity index (χ2v) is 6.05. The van der Waals surface area contributed by atoms with E-state index < -0.39 is 0 Å². The molecule has 4 rings (SSSR count). The van der Waals surface area contributed by atoms with Crippen LogP contribution in [0.4, 0.5) is 0 Å². The smallest absolute Gasteiger partial charge is 0.258 e. The number of fused-ring (bicyclic) bond motifs is 1. The number of oxazole rings is 1. The number of benzene rings is 1. The van der Waals surface area contributed by atoms with Crippen LogP contribution in [0.25, 0.3) is 17.0 Å². The summed E-state index contributed by atoms with van der Waals surface area (Å²) in [5.74, 6) is 1.33. The first-order valence-corrected chi connectivity index (χ1v) is 8.42. The molecule has 0 aliphatic carbocycles. The third-order valence-corrected chi connectivity index (χ3v) is 4.17. The summed E-state index contributed by atoms with van der Waals surface area (Å²) in [7, 11) is 0. The van der Waals surface area contributed by atoms with E-state index in [-0.39, 0.29) is 11.6 Å². The number of hydrogen-bond acceptors (Lipinski definition) is 5. The number of hydrogen-bond donors (Lipinski definition) is 1. The number of pyridine rings is 1. The number of nitrogens with zero attached hydrogens (tertiary/aromatic N) is 3. The molecule has 1 aromatic carbocycles. The van der Waals surface area contributed by atoms with Gasteiger partial charge in [0.05, 0.1) is 17.9 Å². The molecule has 26 heavy (non-hydrogen) atoms. The Morgan fingerprint density at radius 3 is 2.81 bits per heavy atom. The van der Waals surface area contributed by atoms with Gasteiger partial charge in [0.15, 0.2) is 5.76 Å². The van der Waals surface area contributed by atoms with E-state index in [2.05, 4.69) is 15.3 Å². The lowest BCUT2D eigenvalue weighted by atomic mass is 10.2. The highest BCUT2D eigenvalue weighted by Crippen LogP contribution is 2.22. The summed E-state index contributed by atoms with van der Waals surface area (Å²) in [6, 6.07) is 16.8. The van der Waals surface area contributed by atoms with E-state index in [1.807, 2.05) is 55.5 Å². The minimum atomic E-state index is -0.108. The number of aromatic nitrogens is 3. The fourth-order valence-corrected chi connectivity index (χ4v) is 2.76. The Bertz CT molecular complexity index is 1090. The molecule has 4 aromatic rings. The summed E-state index contributed by atoms with van der Waals surface area (Å²) in [5, 5.41) is 3.31.